The molecule has 6 heteroatoms. The van der Waals surface area contributed by atoms with E-state index in [-0.39, 0.29) is 11.3 Å². The molecular weight excluding hydrogens is 218 g/mol. The van der Waals surface area contributed by atoms with Gasteiger partial charge in [-0.15, -0.1) is 10.2 Å². The third kappa shape index (κ3) is 1.55. The zero-order valence-electron chi connectivity index (χ0n) is 9.80. The number of nitrogens with two attached hydrogens (primary N) is 1. The monoisotopic (exact) mass is 235 g/mol. The van der Waals surface area contributed by atoms with Gasteiger partial charge in [0.1, 0.15) is 6.33 Å². The molecule has 0 unspecified atom stereocenters. The summed E-state index contributed by atoms with van der Waals surface area (Å²) in [5.74, 6) is 1.08. The number of amides is 1. The number of aromatic nitrogens is 3. The smallest absolute Gasteiger partial charge is 0.230 e. The lowest BCUT2D eigenvalue weighted by atomic mass is 9.67. The van der Waals surface area contributed by atoms with Crippen LogP contribution in [-0.4, -0.2) is 38.7 Å². The van der Waals surface area contributed by atoms with Crippen LogP contribution in [0.2, 0.25) is 0 Å². The molecule has 0 spiro atoms. The van der Waals surface area contributed by atoms with Crippen LogP contribution in [0.25, 0.3) is 0 Å². The first-order valence-corrected chi connectivity index (χ1v) is 6.11. The van der Waals surface area contributed by atoms with Crippen molar-refractivity contribution in [2.24, 2.45) is 11.1 Å². The van der Waals surface area contributed by atoms with E-state index in [1.54, 1.807) is 6.33 Å². The fraction of sp³-hybridized carbons (Fsp3) is 0.727. The van der Waals surface area contributed by atoms with Gasteiger partial charge in [0.25, 0.3) is 0 Å². The van der Waals surface area contributed by atoms with Crippen LogP contribution in [0.15, 0.2) is 6.33 Å². The molecule has 1 amide bonds. The summed E-state index contributed by atoms with van der Waals surface area (Å²) < 4.78 is 2.00. The van der Waals surface area contributed by atoms with Gasteiger partial charge in [-0.25, -0.2) is 0 Å². The van der Waals surface area contributed by atoms with Gasteiger partial charge in [-0.2, -0.15) is 0 Å². The minimum absolute atomic E-state index is 0.209. The van der Waals surface area contributed by atoms with Gasteiger partial charge in [-0.3, -0.25) is 4.79 Å². The van der Waals surface area contributed by atoms with Crippen LogP contribution in [0.5, 0.6) is 0 Å². The third-order valence-electron chi connectivity index (χ3n) is 4.08. The molecule has 0 aromatic carbocycles. The highest BCUT2D eigenvalue weighted by Gasteiger charge is 2.45. The first-order valence-electron chi connectivity index (χ1n) is 6.11. The van der Waals surface area contributed by atoms with Crippen LogP contribution in [0, 0.1) is 5.41 Å². The van der Waals surface area contributed by atoms with E-state index in [0.29, 0.717) is 13.1 Å². The van der Waals surface area contributed by atoms with E-state index in [4.69, 9.17) is 5.73 Å². The Morgan fingerprint density at radius 1 is 1.47 bits per heavy atom. The predicted octanol–water partition coefficient (Wildman–Crippen LogP) is -0.251. The Morgan fingerprint density at radius 3 is 2.94 bits per heavy atom. The molecule has 0 saturated heterocycles. The van der Waals surface area contributed by atoms with E-state index in [1.165, 1.54) is 0 Å². The van der Waals surface area contributed by atoms with E-state index in [1.807, 2.05) is 9.47 Å². The highest BCUT2D eigenvalue weighted by molar-refractivity contribution is 5.84. The predicted molar refractivity (Wildman–Crippen MR) is 60.8 cm³/mol. The zero-order valence-corrected chi connectivity index (χ0v) is 9.80. The fourth-order valence-electron chi connectivity index (χ4n) is 2.68. The molecule has 92 valence electrons. The number of fused-ring (bicyclic) bond motifs is 1. The van der Waals surface area contributed by atoms with Gasteiger partial charge >= 0.3 is 0 Å². The average Bonchev–Trinajstić information content (AvgIpc) is 2.74. The van der Waals surface area contributed by atoms with Crippen molar-refractivity contribution < 1.29 is 4.79 Å². The third-order valence-corrected chi connectivity index (χ3v) is 4.08. The summed E-state index contributed by atoms with van der Waals surface area (Å²) in [5.41, 5.74) is 5.49. The van der Waals surface area contributed by atoms with Crippen molar-refractivity contribution in [2.75, 3.05) is 13.1 Å². The summed E-state index contributed by atoms with van der Waals surface area (Å²) in [6.07, 6.45) is 4.71. The van der Waals surface area contributed by atoms with Gasteiger partial charge in [0.15, 0.2) is 5.82 Å². The summed E-state index contributed by atoms with van der Waals surface area (Å²) in [5, 5.41) is 7.89. The van der Waals surface area contributed by atoms with Crippen molar-refractivity contribution in [3.05, 3.63) is 12.2 Å². The molecule has 2 heterocycles. The molecule has 1 saturated carbocycles. The molecule has 1 aromatic rings. The summed E-state index contributed by atoms with van der Waals surface area (Å²) in [4.78, 5) is 14.3. The van der Waals surface area contributed by atoms with Crippen LogP contribution in [0.3, 0.4) is 0 Å². The van der Waals surface area contributed by atoms with Crippen LogP contribution >= 0.6 is 0 Å². The summed E-state index contributed by atoms with van der Waals surface area (Å²) in [6, 6.07) is 0. The molecule has 0 radical (unpaired) electrons. The van der Waals surface area contributed by atoms with Crippen molar-refractivity contribution in [2.45, 2.75) is 32.4 Å². The van der Waals surface area contributed by atoms with Gasteiger partial charge < -0.3 is 15.2 Å². The summed E-state index contributed by atoms with van der Waals surface area (Å²) in [6.45, 7) is 2.57. The van der Waals surface area contributed by atoms with E-state index in [2.05, 4.69) is 10.2 Å². The maximum atomic E-state index is 12.5. The lowest BCUT2D eigenvalue weighted by Gasteiger charge is -2.43. The van der Waals surface area contributed by atoms with Gasteiger partial charge in [-0.05, 0) is 12.8 Å². The Morgan fingerprint density at radius 2 is 2.29 bits per heavy atom. The van der Waals surface area contributed by atoms with Crippen LogP contribution < -0.4 is 5.73 Å². The summed E-state index contributed by atoms with van der Waals surface area (Å²) >= 11 is 0. The molecule has 1 aliphatic carbocycles. The van der Waals surface area contributed by atoms with Crippen molar-refractivity contribution >= 4 is 5.91 Å². The van der Waals surface area contributed by atoms with Crippen molar-refractivity contribution in [3.8, 4) is 0 Å². The second-order valence-electron chi connectivity index (χ2n) is 5.01. The van der Waals surface area contributed by atoms with Gasteiger partial charge in [0.2, 0.25) is 5.91 Å². The second kappa shape index (κ2) is 3.80. The van der Waals surface area contributed by atoms with E-state index in [0.717, 1.165) is 38.2 Å². The van der Waals surface area contributed by atoms with E-state index >= 15 is 0 Å². The van der Waals surface area contributed by atoms with Crippen molar-refractivity contribution in [1.82, 2.24) is 19.7 Å². The summed E-state index contributed by atoms with van der Waals surface area (Å²) in [7, 11) is 0. The lowest BCUT2D eigenvalue weighted by molar-refractivity contribution is -0.148. The highest BCUT2D eigenvalue weighted by atomic mass is 16.2. The molecule has 17 heavy (non-hydrogen) atoms. The Kier molecular flexibility index (Phi) is 2.39. The number of hydrogen-bond acceptors (Lipinski definition) is 4. The van der Waals surface area contributed by atoms with Crippen LogP contribution in [0.4, 0.5) is 0 Å². The molecule has 1 fully saturated rings. The van der Waals surface area contributed by atoms with E-state index < -0.39 is 0 Å². The minimum Gasteiger partial charge on any atom is -0.333 e. The normalized spacial score (nSPS) is 21.8. The average molecular weight is 235 g/mol. The molecule has 0 bridgehead atoms. The molecular formula is C11H17N5O. The van der Waals surface area contributed by atoms with Crippen molar-refractivity contribution in [1.29, 1.82) is 0 Å². The molecule has 1 aromatic heterocycles. The highest BCUT2D eigenvalue weighted by Crippen LogP contribution is 2.41. The molecule has 6 nitrogen and oxygen atoms in total. The quantitative estimate of drug-likeness (QED) is 0.766. The number of nitrogens with zero attached hydrogens (tertiary/aromatic N) is 4. The molecule has 2 aliphatic rings. The van der Waals surface area contributed by atoms with Gasteiger partial charge in [-0.1, -0.05) is 6.42 Å². The second-order valence-corrected chi connectivity index (χ2v) is 5.01. The van der Waals surface area contributed by atoms with E-state index in [9.17, 15) is 4.79 Å². The number of rotatable bonds is 2. The molecule has 3 rings (SSSR count). The standard InChI is InChI=1S/C11H17N5O/c12-7-11(2-1-3-11)10(17)15-4-5-16-8-13-14-9(16)6-15/h8H,1-7,12H2. The largest absolute Gasteiger partial charge is 0.333 e. The Bertz CT molecular complexity index is 431. The van der Waals surface area contributed by atoms with Crippen LogP contribution in [0.1, 0.15) is 25.1 Å². The van der Waals surface area contributed by atoms with Gasteiger partial charge in [0.05, 0.1) is 12.0 Å². The zero-order chi connectivity index (χ0) is 11.9. The minimum atomic E-state index is -0.276. The fourth-order valence-corrected chi connectivity index (χ4v) is 2.68. The molecule has 1 aliphatic heterocycles. The lowest BCUT2D eigenvalue weighted by Crippen LogP contribution is -2.53. The molecule has 2 N–H and O–H groups in total. The van der Waals surface area contributed by atoms with Gasteiger partial charge in [0, 0.05) is 19.6 Å². The first-order chi connectivity index (χ1) is 8.25. The number of hydrogen-bond donors (Lipinski definition) is 1. The first kappa shape index (κ1) is 10.7. The number of carbonyl (C=O) groups is 1. The Labute approximate surface area is 99.8 Å². The maximum Gasteiger partial charge on any atom is 0.230 e. The van der Waals surface area contributed by atoms with Crippen LogP contribution in [-0.2, 0) is 17.9 Å². The topological polar surface area (TPSA) is 77.0 Å². The van der Waals surface area contributed by atoms with Crippen molar-refractivity contribution in [3.63, 3.8) is 0 Å². The molecule has 0 atom stereocenters. The SMILES string of the molecule is NCC1(C(=O)N2CCn3cnnc3C2)CCC1. The maximum absolute atomic E-state index is 12.5. The Balaban J connectivity index is 1.76. The number of carbonyl (C=O) groups excluding carboxylic acids is 1. The Hall–Kier alpha value is -1.43.